The molecule has 1 fully saturated rings. The van der Waals surface area contributed by atoms with Crippen LogP contribution in [0.3, 0.4) is 0 Å². The lowest BCUT2D eigenvalue weighted by Gasteiger charge is -2.23. The zero-order valence-electron chi connectivity index (χ0n) is 9.56. The van der Waals surface area contributed by atoms with Gasteiger partial charge in [0.15, 0.2) is 0 Å². The molecule has 98 valence electrons. The second-order valence-corrected chi connectivity index (χ2v) is 4.72. The van der Waals surface area contributed by atoms with Gasteiger partial charge in [-0.25, -0.2) is 9.78 Å². The monoisotopic (exact) mass is 316 g/mol. The Morgan fingerprint density at radius 2 is 2.44 bits per heavy atom. The number of ether oxygens (including phenoxy) is 2. The molecule has 7 heteroatoms. The Morgan fingerprint density at radius 3 is 3.11 bits per heavy atom. The number of carboxylic acid groups (broad SMARTS) is 1. The van der Waals surface area contributed by atoms with Crippen molar-refractivity contribution in [3.63, 3.8) is 0 Å². The van der Waals surface area contributed by atoms with Gasteiger partial charge in [-0.15, -0.1) is 0 Å². The molecule has 1 aromatic heterocycles. The molecule has 6 nitrogen and oxygen atoms in total. The third-order valence-corrected chi connectivity index (χ3v) is 2.90. The number of anilines is 1. The average molecular weight is 317 g/mol. The number of aromatic nitrogens is 1. The van der Waals surface area contributed by atoms with Crippen molar-refractivity contribution < 1.29 is 19.4 Å². The second kappa shape index (κ2) is 6.12. The van der Waals surface area contributed by atoms with Crippen molar-refractivity contribution >= 4 is 27.7 Å². The van der Waals surface area contributed by atoms with Crippen LogP contribution in [-0.2, 0) is 9.47 Å². The maximum Gasteiger partial charge on any atom is 0.339 e. The zero-order chi connectivity index (χ0) is 13.0. The van der Waals surface area contributed by atoms with E-state index in [2.05, 4.69) is 26.2 Å². The Bertz CT molecular complexity index is 435. The first kappa shape index (κ1) is 13.3. The van der Waals surface area contributed by atoms with Crippen LogP contribution in [0.1, 0.15) is 10.4 Å². The van der Waals surface area contributed by atoms with E-state index in [9.17, 15) is 4.79 Å². The molecule has 1 unspecified atom stereocenters. The summed E-state index contributed by atoms with van der Waals surface area (Å²) in [4.78, 5) is 15.1. The van der Waals surface area contributed by atoms with Gasteiger partial charge in [-0.05, 0) is 22.0 Å². The number of nitrogens with zero attached hydrogens (tertiary/aromatic N) is 1. The Kier molecular flexibility index (Phi) is 4.51. The average Bonchev–Trinajstić information content (AvgIpc) is 2.38. The van der Waals surface area contributed by atoms with Crippen LogP contribution in [0.5, 0.6) is 0 Å². The highest BCUT2D eigenvalue weighted by Gasteiger charge is 2.17. The SMILES string of the molecule is O=C(O)c1cc(Br)cnc1NCC1COCCO1. The highest BCUT2D eigenvalue weighted by atomic mass is 79.9. The van der Waals surface area contributed by atoms with E-state index in [1.54, 1.807) is 6.20 Å². The predicted octanol–water partition coefficient (Wildman–Crippen LogP) is 1.37. The summed E-state index contributed by atoms with van der Waals surface area (Å²) in [6, 6.07) is 1.51. The minimum Gasteiger partial charge on any atom is -0.478 e. The molecular formula is C11H13BrN2O4. The topological polar surface area (TPSA) is 80.7 Å². The smallest absolute Gasteiger partial charge is 0.339 e. The van der Waals surface area contributed by atoms with Gasteiger partial charge in [-0.1, -0.05) is 0 Å². The molecule has 0 saturated carbocycles. The summed E-state index contributed by atoms with van der Waals surface area (Å²) < 4.78 is 11.3. The maximum absolute atomic E-state index is 11.1. The van der Waals surface area contributed by atoms with E-state index in [0.29, 0.717) is 36.7 Å². The maximum atomic E-state index is 11.1. The largest absolute Gasteiger partial charge is 0.478 e. The van der Waals surface area contributed by atoms with Gasteiger partial charge in [0.2, 0.25) is 0 Å². The minimum atomic E-state index is -1.02. The summed E-state index contributed by atoms with van der Waals surface area (Å²) in [5.74, 6) is -0.688. The fraction of sp³-hybridized carbons (Fsp3) is 0.455. The molecule has 2 heterocycles. The fourth-order valence-electron chi connectivity index (χ4n) is 1.61. The van der Waals surface area contributed by atoms with Crippen LogP contribution in [0.2, 0.25) is 0 Å². The number of hydrogen-bond donors (Lipinski definition) is 2. The number of carboxylic acids is 1. The number of carbonyl (C=O) groups is 1. The first-order valence-electron chi connectivity index (χ1n) is 5.49. The van der Waals surface area contributed by atoms with Crippen molar-refractivity contribution in [3.8, 4) is 0 Å². The van der Waals surface area contributed by atoms with Crippen molar-refractivity contribution in [1.82, 2.24) is 4.98 Å². The molecule has 1 aliphatic rings. The lowest BCUT2D eigenvalue weighted by molar-refractivity contribution is -0.0819. The summed E-state index contributed by atoms with van der Waals surface area (Å²) in [5.41, 5.74) is 0.126. The van der Waals surface area contributed by atoms with Gasteiger partial charge in [0.25, 0.3) is 0 Å². The molecule has 0 bridgehead atoms. The van der Waals surface area contributed by atoms with Gasteiger partial charge in [0.1, 0.15) is 11.4 Å². The molecule has 1 atom stereocenters. The van der Waals surface area contributed by atoms with E-state index in [-0.39, 0.29) is 11.7 Å². The Hall–Kier alpha value is -1.18. The van der Waals surface area contributed by atoms with Crippen LogP contribution in [-0.4, -0.2) is 48.5 Å². The fourth-order valence-corrected chi connectivity index (χ4v) is 1.94. The molecular weight excluding hydrogens is 304 g/mol. The van der Waals surface area contributed by atoms with Crippen LogP contribution < -0.4 is 5.32 Å². The number of nitrogens with one attached hydrogen (secondary N) is 1. The van der Waals surface area contributed by atoms with E-state index in [1.165, 1.54) is 6.07 Å². The van der Waals surface area contributed by atoms with E-state index in [0.717, 1.165) is 0 Å². The standard InChI is InChI=1S/C11H13BrN2O4/c12-7-3-9(11(15)16)10(13-4-7)14-5-8-6-17-1-2-18-8/h3-4,8H,1-2,5-6H2,(H,13,14)(H,15,16). The number of aromatic carboxylic acids is 1. The van der Waals surface area contributed by atoms with Crippen molar-refractivity contribution in [2.24, 2.45) is 0 Å². The molecule has 0 spiro atoms. The number of rotatable bonds is 4. The van der Waals surface area contributed by atoms with Crippen molar-refractivity contribution in [2.75, 3.05) is 31.7 Å². The molecule has 1 aliphatic heterocycles. The Morgan fingerprint density at radius 1 is 1.61 bits per heavy atom. The van der Waals surface area contributed by atoms with Crippen LogP contribution in [0.15, 0.2) is 16.7 Å². The summed E-state index contributed by atoms with van der Waals surface area (Å²) in [6.07, 6.45) is 1.47. The Labute approximate surface area is 112 Å². The first-order chi connectivity index (χ1) is 8.66. The molecule has 1 aromatic rings. The molecule has 0 aromatic carbocycles. The molecule has 0 aliphatic carbocycles. The van der Waals surface area contributed by atoms with Crippen LogP contribution in [0.4, 0.5) is 5.82 Å². The molecule has 2 rings (SSSR count). The van der Waals surface area contributed by atoms with Crippen molar-refractivity contribution in [1.29, 1.82) is 0 Å². The van der Waals surface area contributed by atoms with Crippen LogP contribution in [0.25, 0.3) is 0 Å². The normalized spacial score (nSPS) is 19.5. The van der Waals surface area contributed by atoms with Gasteiger partial charge >= 0.3 is 5.97 Å². The molecule has 0 radical (unpaired) electrons. The molecule has 0 amide bonds. The summed E-state index contributed by atoms with van der Waals surface area (Å²) in [5, 5.41) is 12.0. The summed E-state index contributed by atoms with van der Waals surface area (Å²) >= 11 is 3.19. The number of halogens is 1. The highest BCUT2D eigenvalue weighted by Crippen LogP contribution is 2.18. The van der Waals surface area contributed by atoms with Gasteiger partial charge < -0.3 is 19.9 Å². The highest BCUT2D eigenvalue weighted by molar-refractivity contribution is 9.10. The second-order valence-electron chi connectivity index (χ2n) is 3.80. The molecule has 1 saturated heterocycles. The van der Waals surface area contributed by atoms with Gasteiger partial charge in [-0.3, -0.25) is 0 Å². The zero-order valence-corrected chi connectivity index (χ0v) is 11.1. The van der Waals surface area contributed by atoms with Crippen molar-refractivity contribution in [2.45, 2.75) is 6.10 Å². The van der Waals surface area contributed by atoms with E-state index < -0.39 is 5.97 Å². The van der Waals surface area contributed by atoms with Gasteiger partial charge in [0, 0.05) is 17.2 Å². The Balaban J connectivity index is 2.01. The quantitative estimate of drug-likeness (QED) is 0.873. The minimum absolute atomic E-state index is 0.0779. The lowest BCUT2D eigenvalue weighted by atomic mass is 10.2. The van der Waals surface area contributed by atoms with Crippen LogP contribution in [0, 0.1) is 0 Å². The first-order valence-corrected chi connectivity index (χ1v) is 6.28. The van der Waals surface area contributed by atoms with E-state index in [4.69, 9.17) is 14.6 Å². The predicted molar refractivity (Wildman–Crippen MR) is 67.9 cm³/mol. The van der Waals surface area contributed by atoms with Crippen LogP contribution >= 0.6 is 15.9 Å². The van der Waals surface area contributed by atoms with E-state index in [1.807, 2.05) is 0 Å². The third-order valence-electron chi connectivity index (χ3n) is 2.47. The third kappa shape index (κ3) is 3.41. The molecule has 2 N–H and O–H groups in total. The van der Waals surface area contributed by atoms with Crippen molar-refractivity contribution in [3.05, 3.63) is 22.3 Å². The number of pyridine rings is 1. The lowest BCUT2D eigenvalue weighted by Crippen LogP contribution is -2.34. The molecule has 18 heavy (non-hydrogen) atoms. The summed E-state index contributed by atoms with van der Waals surface area (Å²) in [6.45, 7) is 2.14. The van der Waals surface area contributed by atoms with Gasteiger partial charge in [-0.2, -0.15) is 0 Å². The van der Waals surface area contributed by atoms with Gasteiger partial charge in [0.05, 0.1) is 25.9 Å². The summed E-state index contributed by atoms with van der Waals surface area (Å²) in [7, 11) is 0. The number of hydrogen-bond acceptors (Lipinski definition) is 5. The van der Waals surface area contributed by atoms with E-state index >= 15 is 0 Å².